The summed E-state index contributed by atoms with van der Waals surface area (Å²) in [5, 5.41) is 3.90. The molecule has 1 heterocycles. The van der Waals surface area contributed by atoms with Gasteiger partial charge in [0, 0.05) is 17.5 Å². The van der Waals surface area contributed by atoms with E-state index in [0.29, 0.717) is 27.4 Å². The van der Waals surface area contributed by atoms with Gasteiger partial charge in [-0.25, -0.2) is 4.98 Å². The first-order valence-corrected chi connectivity index (χ1v) is 11.0. The molecule has 166 valence electrons. The number of hydrogen-bond acceptors (Lipinski definition) is 5. The lowest BCUT2D eigenvalue weighted by molar-refractivity contribution is -0.153. The van der Waals surface area contributed by atoms with Crippen LogP contribution in [0.5, 0.6) is 0 Å². The first-order valence-electron chi connectivity index (χ1n) is 10.3. The molecule has 1 aliphatic rings. The minimum Gasteiger partial charge on any atom is -0.453 e. The Balaban J connectivity index is 1.40. The number of aryl methyl sites for hydroxylation is 1. The number of carbonyl (C=O) groups excluding carboxylic acids is 2. The Morgan fingerprint density at radius 3 is 2.69 bits per heavy atom. The molecule has 1 atom stereocenters. The number of nitrogens with one attached hydrogen (secondary N) is 1. The maximum atomic E-state index is 12.9. The Labute approximate surface area is 194 Å². The summed E-state index contributed by atoms with van der Waals surface area (Å²) >= 11 is 11.9. The van der Waals surface area contributed by atoms with Crippen molar-refractivity contribution in [3.8, 4) is 0 Å². The highest BCUT2D eigenvalue weighted by Crippen LogP contribution is 2.35. The molecule has 1 aliphatic carbocycles. The number of benzene rings is 2. The normalized spacial score (nSPS) is 14.2. The topological polar surface area (TPSA) is 90.3 Å². The number of hydrogen-bond donors (Lipinski definition) is 1. The Hall–Kier alpha value is -2.90. The Morgan fingerprint density at radius 1 is 1.22 bits per heavy atom. The van der Waals surface area contributed by atoms with Gasteiger partial charge in [-0.2, -0.15) is 0 Å². The van der Waals surface area contributed by atoms with E-state index in [-0.39, 0.29) is 29.5 Å². The van der Waals surface area contributed by atoms with Gasteiger partial charge in [0.25, 0.3) is 11.5 Å². The van der Waals surface area contributed by atoms with Gasteiger partial charge in [0.1, 0.15) is 5.82 Å². The summed E-state index contributed by atoms with van der Waals surface area (Å²) in [5.74, 6) is -0.515. The largest absolute Gasteiger partial charge is 0.453 e. The van der Waals surface area contributed by atoms with E-state index in [0.717, 1.165) is 12.8 Å². The number of aromatic nitrogens is 2. The monoisotopic (exact) mass is 473 g/mol. The number of para-hydroxylation sites is 1. The highest BCUT2D eigenvalue weighted by molar-refractivity contribution is 6.36. The molecule has 1 unspecified atom stereocenters. The molecule has 1 amide bonds. The van der Waals surface area contributed by atoms with Crippen molar-refractivity contribution in [2.75, 3.05) is 5.32 Å². The highest BCUT2D eigenvalue weighted by Gasteiger charge is 2.28. The maximum Gasteiger partial charge on any atom is 0.307 e. The van der Waals surface area contributed by atoms with E-state index in [2.05, 4.69) is 10.3 Å². The van der Waals surface area contributed by atoms with Crippen LogP contribution in [0.4, 0.5) is 5.69 Å². The Bertz CT molecular complexity index is 1250. The van der Waals surface area contributed by atoms with Crippen molar-refractivity contribution < 1.29 is 14.3 Å². The number of carbonyl (C=O) groups is 2. The van der Waals surface area contributed by atoms with Gasteiger partial charge in [-0.05, 0) is 50.1 Å². The molecule has 4 rings (SSSR count). The van der Waals surface area contributed by atoms with E-state index in [4.69, 9.17) is 27.9 Å². The number of halogens is 2. The molecule has 0 saturated heterocycles. The molecule has 1 saturated carbocycles. The van der Waals surface area contributed by atoms with Gasteiger partial charge in [0.2, 0.25) is 0 Å². The van der Waals surface area contributed by atoms with Crippen LogP contribution in [0, 0.1) is 0 Å². The standard InChI is InChI=1S/C23H21Cl2N3O4/c1-13(22(30)27-19-9-6-14(24)12-17(19)25)32-21(29)11-10-20-26-18-5-3-2-4-16(18)23(31)28(20)15-7-8-15/h2-6,9,12-13,15H,7-8,10-11H2,1H3,(H,27,30). The van der Waals surface area contributed by atoms with Crippen LogP contribution in [-0.4, -0.2) is 27.5 Å². The molecule has 1 N–H and O–H groups in total. The van der Waals surface area contributed by atoms with Crippen LogP contribution in [0.3, 0.4) is 0 Å². The first-order chi connectivity index (χ1) is 15.3. The molecule has 32 heavy (non-hydrogen) atoms. The predicted molar refractivity (Wildman–Crippen MR) is 123 cm³/mol. The Morgan fingerprint density at radius 2 is 1.97 bits per heavy atom. The zero-order valence-corrected chi connectivity index (χ0v) is 18.8. The smallest absolute Gasteiger partial charge is 0.307 e. The van der Waals surface area contributed by atoms with Gasteiger partial charge in [-0.1, -0.05) is 35.3 Å². The van der Waals surface area contributed by atoms with Gasteiger partial charge in [0.15, 0.2) is 6.10 Å². The van der Waals surface area contributed by atoms with Crippen LogP contribution >= 0.6 is 23.2 Å². The van der Waals surface area contributed by atoms with E-state index < -0.39 is 18.0 Å². The van der Waals surface area contributed by atoms with Crippen LogP contribution in [0.25, 0.3) is 10.9 Å². The number of nitrogens with zero attached hydrogens (tertiary/aromatic N) is 2. The number of ether oxygens (including phenoxy) is 1. The zero-order chi connectivity index (χ0) is 22.8. The molecule has 3 aromatic rings. The second kappa shape index (κ2) is 9.30. The molecule has 0 aliphatic heterocycles. The summed E-state index contributed by atoms with van der Waals surface area (Å²) in [4.78, 5) is 42.3. The van der Waals surface area contributed by atoms with Crippen LogP contribution in [0.15, 0.2) is 47.3 Å². The molecule has 1 aromatic heterocycles. The van der Waals surface area contributed by atoms with E-state index in [1.807, 2.05) is 12.1 Å². The second-order valence-electron chi connectivity index (χ2n) is 7.70. The fourth-order valence-electron chi connectivity index (χ4n) is 3.43. The summed E-state index contributed by atoms with van der Waals surface area (Å²) in [6.07, 6.45) is 1.05. The molecule has 2 aromatic carbocycles. The fraction of sp³-hybridized carbons (Fsp3) is 0.304. The van der Waals surface area contributed by atoms with Crippen molar-refractivity contribution in [2.24, 2.45) is 0 Å². The van der Waals surface area contributed by atoms with Crippen LogP contribution < -0.4 is 10.9 Å². The van der Waals surface area contributed by atoms with Crippen molar-refractivity contribution in [2.45, 2.75) is 44.8 Å². The fourth-order valence-corrected chi connectivity index (χ4v) is 3.88. The summed E-state index contributed by atoms with van der Waals surface area (Å²) in [5.41, 5.74) is 0.886. The lowest BCUT2D eigenvalue weighted by Gasteiger charge is -2.15. The third kappa shape index (κ3) is 4.95. The van der Waals surface area contributed by atoms with Crippen molar-refractivity contribution in [1.29, 1.82) is 0 Å². The molecular weight excluding hydrogens is 453 g/mol. The summed E-state index contributed by atoms with van der Waals surface area (Å²) in [7, 11) is 0. The Kier molecular flexibility index (Phi) is 6.48. The SMILES string of the molecule is CC(OC(=O)CCc1nc2ccccc2c(=O)n1C1CC1)C(=O)Nc1ccc(Cl)cc1Cl. The minimum atomic E-state index is -1.02. The van der Waals surface area contributed by atoms with Gasteiger partial charge in [-0.15, -0.1) is 0 Å². The molecule has 0 radical (unpaired) electrons. The second-order valence-corrected chi connectivity index (χ2v) is 8.54. The highest BCUT2D eigenvalue weighted by atomic mass is 35.5. The van der Waals surface area contributed by atoms with Gasteiger partial charge >= 0.3 is 5.97 Å². The lowest BCUT2D eigenvalue weighted by atomic mass is 10.2. The van der Waals surface area contributed by atoms with Crippen LogP contribution in [-0.2, 0) is 20.7 Å². The molecule has 0 spiro atoms. The number of amides is 1. The van der Waals surface area contributed by atoms with Crippen LogP contribution in [0.1, 0.15) is 38.1 Å². The number of anilines is 1. The summed E-state index contributed by atoms with van der Waals surface area (Å²) in [6, 6.07) is 12.0. The van der Waals surface area contributed by atoms with E-state index >= 15 is 0 Å². The van der Waals surface area contributed by atoms with Gasteiger partial charge in [0.05, 0.1) is 28.0 Å². The third-order valence-electron chi connectivity index (χ3n) is 5.21. The average Bonchev–Trinajstić information content (AvgIpc) is 3.59. The van der Waals surface area contributed by atoms with Crippen molar-refractivity contribution in [1.82, 2.24) is 9.55 Å². The minimum absolute atomic E-state index is 0.00315. The van der Waals surface area contributed by atoms with Crippen molar-refractivity contribution in [3.63, 3.8) is 0 Å². The maximum absolute atomic E-state index is 12.9. The number of rotatable bonds is 7. The van der Waals surface area contributed by atoms with E-state index in [1.165, 1.54) is 13.0 Å². The summed E-state index contributed by atoms with van der Waals surface area (Å²) in [6.45, 7) is 1.48. The third-order valence-corrected chi connectivity index (χ3v) is 5.76. The van der Waals surface area contributed by atoms with Crippen molar-refractivity contribution in [3.05, 3.63) is 68.7 Å². The number of esters is 1. The lowest BCUT2D eigenvalue weighted by Crippen LogP contribution is -2.30. The molecule has 9 heteroatoms. The first kappa shape index (κ1) is 22.3. The number of fused-ring (bicyclic) bond motifs is 1. The molecule has 0 bridgehead atoms. The van der Waals surface area contributed by atoms with Gasteiger partial charge in [-0.3, -0.25) is 19.0 Å². The van der Waals surface area contributed by atoms with Crippen LogP contribution in [0.2, 0.25) is 10.0 Å². The quantitative estimate of drug-likeness (QED) is 0.508. The summed E-state index contributed by atoms with van der Waals surface area (Å²) < 4.78 is 6.96. The van der Waals surface area contributed by atoms with E-state index in [9.17, 15) is 14.4 Å². The molecule has 1 fully saturated rings. The zero-order valence-electron chi connectivity index (χ0n) is 17.3. The molecular formula is C23H21Cl2N3O4. The van der Waals surface area contributed by atoms with Gasteiger partial charge < -0.3 is 10.1 Å². The predicted octanol–water partition coefficient (Wildman–Crippen LogP) is 4.54. The average molecular weight is 474 g/mol. The van der Waals surface area contributed by atoms with Crippen molar-refractivity contribution >= 4 is 51.7 Å². The van der Waals surface area contributed by atoms with E-state index in [1.54, 1.807) is 28.8 Å². The molecule has 7 nitrogen and oxygen atoms in total.